The molecule has 0 radical (unpaired) electrons. The molecule has 1 N–H and O–H groups in total. The number of ether oxygens (including phenoxy) is 1. The molecule has 5 nitrogen and oxygen atoms in total. The molecule has 0 fully saturated rings. The topological polar surface area (TPSA) is 64.1 Å². The third-order valence-electron chi connectivity index (χ3n) is 3.29. The van der Waals surface area contributed by atoms with Crippen LogP contribution in [0.4, 0.5) is 0 Å². The molecule has 0 unspecified atom stereocenters. The number of aryl methyl sites for hydroxylation is 1. The molecule has 3 heterocycles. The van der Waals surface area contributed by atoms with Crippen LogP contribution in [0.2, 0.25) is 5.02 Å². The maximum absolute atomic E-state index is 12.5. The Morgan fingerprint density at radius 3 is 3.00 bits per heavy atom. The highest BCUT2D eigenvalue weighted by Gasteiger charge is 2.15. The molecule has 0 aromatic carbocycles. The molecule has 0 aliphatic carbocycles. The summed E-state index contributed by atoms with van der Waals surface area (Å²) in [4.78, 5) is 21.7. The van der Waals surface area contributed by atoms with Crippen molar-refractivity contribution in [3.63, 3.8) is 0 Å². The van der Waals surface area contributed by atoms with E-state index < -0.39 is 0 Å². The van der Waals surface area contributed by atoms with Gasteiger partial charge >= 0.3 is 0 Å². The van der Waals surface area contributed by atoms with Crippen LogP contribution in [0.3, 0.4) is 0 Å². The minimum atomic E-state index is -0.249. The molecule has 7 heteroatoms. The molecule has 0 bridgehead atoms. The summed E-state index contributed by atoms with van der Waals surface area (Å²) in [7, 11) is 0. The fourth-order valence-corrected chi connectivity index (χ4v) is 3.06. The van der Waals surface area contributed by atoms with Crippen molar-refractivity contribution in [3.05, 3.63) is 69.3 Å². The van der Waals surface area contributed by atoms with Gasteiger partial charge in [0, 0.05) is 23.3 Å². The number of rotatable bonds is 5. The molecule has 0 aliphatic rings. The van der Waals surface area contributed by atoms with Gasteiger partial charge in [-0.15, -0.1) is 11.3 Å². The van der Waals surface area contributed by atoms with Crippen LogP contribution in [-0.2, 0) is 6.54 Å². The lowest BCUT2D eigenvalue weighted by Gasteiger charge is -2.10. The summed E-state index contributed by atoms with van der Waals surface area (Å²) in [5.74, 6) is 0.382. The Bertz CT molecular complexity index is 866. The number of carbonyl (C=O) groups excluding carboxylic acids is 1. The van der Waals surface area contributed by atoms with Gasteiger partial charge in [-0.25, -0.2) is 4.98 Å². The summed E-state index contributed by atoms with van der Waals surface area (Å²) >= 11 is 7.50. The van der Waals surface area contributed by atoms with Gasteiger partial charge < -0.3 is 10.1 Å². The van der Waals surface area contributed by atoms with Crippen molar-refractivity contribution in [2.45, 2.75) is 13.5 Å². The molecule has 3 rings (SSSR count). The maximum atomic E-state index is 12.5. The van der Waals surface area contributed by atoms with Crippen LogP contribution >= 0.6 is 22.9 Å². The minimum absolute atomic E-state index is 0.210. The lowest BCUT2D eigenvalue weighted by atomic mass is 10.2. The highest BCUT2D eigenvalue weighted by atomic mass is 35.5. The highest BCUT2D eigenvalue weighted by Crippen LogP contribution is 2.24. The van der Waals surface area contributed by atoms with E-state index in [1.165, 1.54) is 12.4 Å². The van der Waals surface area contributed by atoms with Gasteiger partial charge in [-0.1, -0.05) is 11.6 Å². The first kappa shape index (κ1) is 16.4. The molecule has 0 aliphatic heterocycles. The Morgan fingerprint density at radius 2 is 2.25 bits per heavy atom. The van der Waals surface area contributed by atoms with Gasteiger partial charge in [-0.05, 0) is 36.1 Å². The molecular formula is C17H14ClN3O2S. The molecule has 122 valence electrons. The van der Waals surface area contributed by atoms with Crippen LogP contribution < -0.4 is 10.1 Å². The predicted molar refractivity (Wildman–Crippen MR) is 93.8 cm³/mol. The largest absolute Gasteiger partial charge is 0.436 e. The zero-order chi connectivity index (χ0) is 16.9. The summed E-state index contributed by atoms with van der Waals surface area (Å²) in [5, 5.41) is 5.34. The molecule has 3 aromatic rings. The zero-order valence-electron chi connectivity index (χ0n) is 12.8. The Labute approximate surface area is 148 Å². The number of amides is 1. The second kappa shape index (κ2) is 7.42. The average molecular weight is 360 g/mol. The van der Waals surface area contributed by atoms with Crippen molar-refractivity contribution in [1.29, 1.82) is 0 Å². The van der Waals surface area contributed by atoms with Crippen LogP contribution in [0.5, 0.6) is 11.6 Å². The van der Waals surface area contributed by atoms with Gasteiger partial charge in [-0.3, -0.25) is 9.78 Å². The summed E-state index contributed by atoms with van der Waals surface area (Å²) in [6, 6.07) is 6.99. The SMILES string of the molecule is Cc1ccsc1CNC(=O)c1cccnc1Oc1cncc(Cl)c1. The van der Waals surface area contributed by atoms with Crippen LogP contribution in [0.25, 0.3) is 0 Å². The number of pyridine rings is 2. The lowest BCUT2D eigenvalue weighted by Crippen LogP contribution is -2.23. The summed E-state index contributed by atoms with van der Waals surface area (Å²) in [6.45, 7) is 2.48. The molecule has 0 saturated carbocycles. The Kier molecular flexibility index (Phi) is 5.08. The van der Waals surface area contributed by atoms with Gasteiger partial charge in [0.15, 0.2) is 0 Å². The Balaban J connectivity index is 1.75. The van der Waals surface area contributed by atoms with E-state index in [1.807, 2.05) is 18.4 Å². The van der Waals surface area contributed by atoms with Gasteiger partial charge in [0.25, 0.3) is 5.91 Å². The predicted octanol–water partition coefficient (Wildman–Crippen LogP) is 4.22. The van der Waals surface area contributed by atoms with E-state index in [2.05, 4.69) is 15.3 Å². The lowest BCUT2D eigenvalue weighted by molar-refractivity contribution is 0.0948. The van der Waals surface area contributed by atoms with Crippen molar-refractivity contribution in [3.8, 4) is 11.6 Å². The van der Waals surface area contributed by atoms with Gasteiger partial charge in [0.1, 0.15) is 11.3 Å². The zero-order valence-corrected chi connectivity index (χ0v) is 14.4. The van der Waals surface area contributed by atoms with Crippen molar-refractivity contribution < 1.29 is 9.53 Å². The second-order valence-electron chi connectivity index (χ2n) is 5.01. The number of nitrogens with zero attached hydrogens (tertiary/aromatic N) is 2. The highest BCUT2D eigenvalue weighted by molar-refractivity contribution is 7.10. The van der Waals surface area contributed by atoms with Crippen LogP contribution in [-0.4, -0.2) is 15.9 Å². The normalized spacial score (nSPS) is 10.4. The van der Waals surface area contributed by atoms with Crippen molar-refractivity contribution in [1.82, 2.24) is 15.3 Å². The molecule has 1 amide bonds. The summed E-state index contributed by atoms with van der Waals surface area (Å²) in [5.41, 5.74) is 1.51. The molecular weight excluding hydrogens is 346 g/mol. The van der Waals surface area contributed by atoms with E-state index in [9.17, 15) is 4.79 Å². The summed E-state index contributed by atoms with van der Waals surface area (Å²) < 4.78 is 5.66. The molecule has 3 aromatic heterocycles. The third-order valence-corrected chi connectivity index (χ3v) is 4.52. The van der Waals surface area contributed by atoms with Gasteiger partial charge in [-0.2, -0.15) is 0 Å². The average Bonchev–Trinajstić information content (AvgIpc) is 2.98. The molecule has 0 saturated heterocycles. The number of carbonyl (C=O) groups is 1. The van der Waals surface area contributed by atoms with Crippen LogP contribution in [0, 0.1) is 6.92 Å². The maximum Gasteiger partial charge on any atom is 0.257 e. The standard InChI is InChI=1S/C17H14ClN3O2S/c1-11-4-6-24-15(11)10-21-16(22)14-3-2-5-20-17(14)23-13-7-12(18)8-19-9-13/h2-9H,10H2,1H3,(H,21,22). The van der Waals surface area contributed by atoms with E-state index in [-0.39, 0.29) is 11.8 Å². The smallest absolute Gasteiger partial charge is 0.257 e. The van der Waals surface area contributed by atoms with Crippen molar-refractivity contribution in [2.75, 3.05) is 0 Å². The third kappa shape index (κ3) is 3.90. The number of nitrogens with one attached hydrogen (secondary N) is 1. The number of aromatic nitrogens is 2. The molecule has 0 atom stereocenters. The van der Waals surface area contributed by atoms with E-state index in [0.717, 1.165) is 10.4 Å². The number of halogens is 1. The fourth-order valence-electron chi connectivity index (χ4n) is 2.05. The van der Waals surface area contributed by atoms with Crippen molar-refractivity contribution in [2.24, 2.45) is 0 Å². The molecule has 0 spiro atoms. The number of thiophene rings is 1. The number of hydrogen-bond acceptors (Lipinski definition) is 5. The number of hydrogen-bond donors (Lipinski definition) is 1. The van der Waals surface area contributed by atoms with E-state index in [1.54, 1.807) is 35.7 Å². The second-order valence-corrected chi connectivity index (χ2v) is 6.44. The first-order valence-corrected chi connectivity index (χ1v) is 8.44. The van der Waals surface area contributed by atoms with Crippen LogP contribution in [0.15, 0.2) is 48.2 Å². The molecule has 24 heavy (non-hydrogen) atoms. The van der Waals surface area contributed by atoms with Gasteiger partial charge in [0.05, 0.1) is 17.8 Å². The first-order valence-electron chi connectivity index (χ1n) is 7.18. The van der Waals surface area contributed by atoms with Crippen molar-refractivity contribution >= 4 is 28.8 Å². The summed E-state index contributed by atoms with van der Waals surface area (Å²) in [6.07, 6.45) is 4.58. The quantitative estimate of drug-likeness (QED) is 0.740. The Morgan fingerprint density at radius 1 is 1.38 bits per heavy atom. The van der Waals surface area contributed by atoms with E-state index >= 15 is 0 Å². The van der Waals surface area contributed by atoms with Crippen LogP contribution in [0.1, 0.15) is 20.8 Å². The Hall–Kier alpha value is -2.44. The minimum Gasteiger partial charge on any atom is -0.436 e. The monoisotopic (exact) mass is 359 g/mol. The fraction of sp³-hybridized carbons (Fsp3) is 0.118. The van der Waals surface area contributed by atoms with E-state index in [0.29, 0.717) is 22.9 Å². The van der Waals surface area contributed by atoms with E-state index in [4.69, 9.17) is 16.3 Å². The first-order chi connectivity index (χ1) is 11.6. The van der Waals surface area contributed by atoms with Gasteiger partial charge in [0.2, 0.25) is 5.88 Å².